The van der Waals surface area contributed by atoms with Crippen LogP contribution in [0.5, 0.6) is 0 Å². The molecule has 0 radical (unpaired) electrons. The Morgan fingerprint density at radius 3 is 3.07 bits per heavy atom. The van der Waals surface area contributed by atoms with E-state index < -0.39 is 0 Å². The van der Waals surface area contributed by atoms with E-state index >= 15 is 0 Å². The van der Waals surface area contributed by atoms with E-state index in [9.17, 15) is 0 Å². The Kier molecular flexibility index (Phi) is 3.10. The molecule has 0 aromatic carbocycles. The third-order valence-electron chi connectivity index (χ3n) is 3.08. The number of halogens is 1. The van der Waals surface area contributed by atoms with Crippen LogP contribution in [0, 0.1) is 12.8 Å². The minimum absolute atomic E-state index is 0.343. The molecule has 0 spiro atoms. The zero-order chi connectivity index (χ0) is 10.8. The number of hydrogen-bond donors (Lipinski definition) is 0. The third-order valence-corrected chi connectivity index (χ3v) is 3.26. The topological polar surface area (TPSA) is 29.0 Å². The Bertz CT molecular complexity index is 354. The van der Waals surface area contributed by atoms with E-state index in [1.54, 1.807) is 6.20 Å². The summed E-state index contributed by atoms with van der Waals surface area (Å²) in [4.78, 5) is 10.6. The van der Waals surface area contributed by atoms with E-state index in [4.69, 9.17) is 11.6 Å². The molecule has 2 rings (SSSR count). The second kappa shape index (κ2) is 4.35. The molecule has 15 heavy (non-hydrogen) atoms. The molecule has 1 aromatic rings. The van der Waals surface area contributed by atoms with Gasteiger partial charge in [0.05, 0.1) is 0 Å². The van der Waals surface area contributed by atoms with Gasteiger partial charge in [0.2, 0.25) is 5.28 Å². The van der Waals surface area contributed by atoms with Crippen LogP contribution < -0.4 is 4.90 Å². The fourth-order valence-corrected chi connectivity index (χ4v) is 2.22. The van der Waals surface area contributed by atoms with Crippen LogP contribution in [0.15, 0.2) is 6.20 Å². The van der Waals surface area contributed by atoms with Crippen molar-refractivity contribution in [1.82, 2.24) is 9.97 Å². The van der Waals surface area contributed by atoms with Gasteiger partial charge in [-0.1, -0.05) is 13.3 Å². The van der Waals surface area contributed by atoms with Crippen molar-refractivity contribution in [3.8, 4) is 0 Å². The predicted octanol–water partition coefficient (Wildman–Crippen LogP) is 2.67. The molecule has 0 bridgehead atoms. The van der Waals surface area contributed by atoms with Gasteiger partial charge in [-0.05, 0) is 30.9 Å². The summed E-state index contributed by atoms with van der Waals surface area (Å²) in [5, 5.41) is 0.343. The molecule has 1 aromatic heterocycles. The fourth-order valence-electron chi connectivity index (χ4n) is 2.09. The van der Waals surface area contributed by atoms with Crippen molar-refractivity contribution in [2.45, 2.75) is 26.7 Å². The highest BCUT2D eigenvalue weighted by atomic mass is 35.5. The van der Waals surface area contributed by atoms with Crippen molar-refractivity contribution in [3.63, 3.8) is 0 Å². The van der Waals surface area contributed by atoms with Crippen LogP contribution >= 0.6 is 11.6 Å². The number of aryl methyl sites for hydroxylation is 1. The smallest absolute Gasteiger partial charge is 0.224 e. The van der Waals surface area contributed by atoms with Crippen molar-refractivity contribution < 1.29 is 0 Å². The molecule has 3 nitrogen and oxygen atoms in total. The molecule has 1 fully saturated rings. The van der Waals surface area contributed by atoms with Gasteiger partial charge in [-0.25, -0.2) is 9.97 Å². The molecule has 0 aliphatic carbocycles. The summed E-state index contributed by atoms with van der Waals surface area (Å²) in [7, 11) is 0. The van der Waals surface area contributed by atoms with Gasteiger partial charge in [0, 0.05) is 24.8 Å². The van der Waals surface area contributed by atoms with Gasteiger partial charge in [0.1, 0.15) is 5.82 Å². The van der Waals surface area contributed by atoms with Crippen molar-refractivity contribution in [1.29, 1.82) is 0 Å². The Hall–Kier alpha value is -0.830. The highest BCUT2D eigenvalue weighted by Gasteiger charge is 2.23. The SMILES string of the molecule is CCC1CCN(c2nc(Cl)ncc2C)C1. The second-order valence-electron chi connectivity index (χ2n) is 4.15. The monoisotopic (exact) mass is 225 g/mol. The molecule has 82 valence electrons. The Morgan fingerprint density at radius 2 is 2.40 bits per heavy atom. The molecule has 2 heterocycles. The summed E-state index contributed by atoms with van der Waals surface area (Å²) in [5.41, 5.74) is 1.11. The zero-order valence-corrected chi connectivity index (χ0v) is 9.96. The lowest BCUT2D eigenvalue weighted by molar-refractivity contribution is 0.568. The highest BCUT2D eigenvalue weighted by molar-refractivity contribution is 6.28. The predicted molar refractivity (Wildman–Crippen MR) is 62.4 cm³/mol. The van der Waals surface area contributed by atoms with Crippen LogP contribution in [0.1, 0.15) is 25.3 Å². The molecule has 1 aliphatic rings. The summed E-state index contributed by atoms with van der Waals surface area (Å²) in [6.07, 6.45) is 4.30. The van der Waals surface area contributed by atoms with Crippen molar-refractivity contribution in [2.75, 3.05) is 18.0 Å². The second-order valence-corrected chi connectivity index (χ2v) is 4.49. The first-order chi connectivity index (χ1) is 7.20. The maximum absolute atomic E-state index is 5.82. The Morgan fingerprint density at radius 1 is 1.60 bits per heavy atom. The summed E-state index contributed by atoms with van der Waals surface area (Å²) >= 11 is 5.82. The molecule has 1 unspecified atom stereocenters. The summed E-state index contributed by atoms with van der Waals surface area (Å²) < 4.78 is 0. The third kappa shape index (κ3) is 2.23. The van der Waals surface area contributed by atoms with Crippen molar-refractivity contribution >= 4 is 17.4 Å². The van der Waals surface area contributed by atoms with E-state index in [1.807, 2.05) is 6.92 Å². The molecular weight excluding hydrogens is 210 g/mol. The first-order valence-electron chi connectivity index (χ1n) is 5.44. The van der Waals surface area contributed by atoms with E-state index in [0.29, 0.717) is 5.28 Å². The standard InChI is InChI=1S/C11H16ClN3/c1-3-9-4-5-15(7-9)10-8(2)6-13-11(12)14-10/h6,9H,3-5,7H2,1-2H3. The molecule has 0 N–H and O–H groups in total. The minimum atomic E-state index is 0.343. The molecule has 0 amide bonds. The van der Waals surface area contributed by atoms with E-state index in [-0.39, 0.29) is 0 Å². The lowest BCUT2D eigenvalue weighted by Gasteiger charge is -2.19. The van der Waals surface area contributed by atoms with Gasteiger partial charge in [0.25, 0.3) is 0 Å². The minimum Gasteiger partial charge on any atom is -0.356 e. The molecule has 1 aliphatic heterocycles. The summed E-state index contributed by atoms with van der Waals surface area (Å²) in [6.45, 7) is 6.47. The van der Waals surface area contributed by atoms with Gasteiger partial charge in [-0.15, -0.1) is 0 Å². The average Bonchev–Trinajstić information content (AvgIpc) is 2.70. The molecule has 4 heteroatoms. The number of hydrogen-bond acceptors (Lipinski definition) is 3. The van der Waals surface area contributed by atoms with E-state index in [0.717, 1.165) is 30.4 Å². The van der Waals surface area contributed by atoms with Gasteiger partial charge in [0.15, 0.2) is 0 Å². The quantitative estimate of drug-likeness (QED) is 0.725. The Labute approximate surface area is 95.5 Å². The van der Waals surface area contributed by atoms with Crippen LogP contribution in [-0.4, -0.2) is 23.1 Å². The lowest BCUT2D eigenvalue weighted by atomic mass is 10.1. The largest absolute Gasteiger partial charge is 0.356 e. The normalized spacial score (nSPS) is 21.0. The van der Waals surface area contributed by atoms with Crippen molar-refractivity contribution in [3.05, 3.63) is 17.0 Å². The summed E-state index contributed by atoms with van der Waals surface area (Å²) in [5.74, 6) is 1.81. The molecule has 1 atom stereocenters. The number of aromatic nitrogens is 2. The fraction of sp³-hybridized carbons (Fsp3) is 0.636. The van der Waals surface area contributed by atoms with E-state index in [2.05, 4.69) is 21.8 Å². The van der Waals surface area contributed by atoms with Gasteiger partial charge in [-0.2, -0.15) is 0 Å². The first-order valence-corrected chi connectivity index (χ1v) is 5.82. The average molecular weight is 226 g/mol. The number of rotatable bonds is 2. The van der Waals surface area contributed by atoms with Gasteiger partial charge < -0.3 is 4.90 Å². The maximum atomic E-state index is 5.82. The zero-order valence-electron chi connectivity index (χ0n) is 9.20. The number of nitrogens with zero attached hydrogens (tertiary/aromatic N) is 3. The maximum Gasteiger partial charge on any atom is 0.224 e. The first kappa shape index (κ1) is 10.7. The number of anilines is 1. The lowest BCUT2D eigenvalue weighted by Crippen LogP contribution is -2.22. The molecule has 1 saturated heterocycles. The molecule has 0 saturated carbocycles. The van der Waals surface area contributed by atoms with E-state index in [1.165, 1.54) is 12.8 Å². The Balaban J connectivity index is 2.19. The van der Waals surface area contributed by atoms with Crippen LogP contribution in [0.2, 0.25) is 5.28 Å². The van der Waals surface area contributed by atoms with Gasteiger partial charge >= 0.3 is 0 Å². The summed E-state index contributed by atoms with van der Waals surface area (Å²) in [6, 6.07) is 0. The highest BCUT2D eigenvalue weighted by Crippen LogP contribution is 2.26. The van der Waals surface area contributed by atoms with Crippen LogP contribution in [0.4, 0.5) is 5.82 Å². The van der Waals surface area contributed by atoms with Crippen LogP contribution in [-0.2, 0) is 0 Å². The van der Waals surface area contributed by atoms with Crippen LogP contribution in [0.3, 0.4) is 0 Å². The van der Waals surface area contributed by atoms with Crippen molar-refractivity contribution in [2.24, 2.45) is 5.92 Å². The van der Waals surface area contributed by atoms with Crippen LogP contribution in [0.25, 0.3) is 0 Å². The van der Waals surface area contributed by atoms with Gasteiger partial charge in [-0.3, -0.25) is 0 Å². The molecular formula is C11H16ClN3.